The van der Waals surface area contributed by atoms with Gasteiger partial charge in [-0.05, 0) is 25.0 Å². The highest BCUT2D eigenvalue weighted by atomic mass is 16.4. The molecule has 0 aliphatic heterocycles. The van der Waals surface area contributed by atoms with E-state index in [9.17, 15) is 15.0 Å². The molecule has 82 valence electrons. The van der Waals surface area contributed by atoms with Gasteiger partial charge in [-0.2, -0.15) is 0 Å². The van der Waals surface area contributed by atoms with E-state index in [0.29, 0.717) is 5.56 Å². The van der Waals surface area contributed by atoms with E-state index in [2.05, 4.69) is 0 Å². The highest BCUT2D eigenvalue weighted by molar-refractivity contribution is 5.74. The summed E-state index contributed by atoms with van der Waals surface area (Å²) in [6.07, 6.45) is -1.60. The van der Waals surface area contributed by atoms with Crippen LogP contribution in [0.5, 0.6) is 0 Å². The van der Waals surface area contributed by atoms with Gasteiger partial charge in [-0.15, -0.1) is 0 Å². The van der Waals surface area contributed by atoms with Crippen LogP contribution in [0.15, 0.2) is 24.3 Å². The van der Waals surface area contributed by atoms with E-state index in [0.717, 1.165) is 0 Å². The minimum Gasteiger partial charge on any atom is -0.479 e. The largest absolute Gasteiger partial charge is 0.479 e. The van der Waals surface area contributed by atoms with Gasteiger partial charge in [0.2, 0.25) is 0 Å². The molecule has 3 N–H and O–H groups in total. The molecule has 0 fully saturated rings. The van der Waals surface area contributed by atoms with Crippen LogP contribution in [0.3, 0.4) is 0 Å². The molecule has 1 rings (SSSR count). The van der Waals surface area contributed by atoms with Gasteiger partial charge in [0.15, 0.2) is 6.10 Å². The number of aliphatic carboxylic acids is 1. The molecule has 0 saturated heterocycles. The maximum atomic E-state index is 10.6. The highest BCUT2D eigenvalue weighted by Gasteiger charge is 2.26. The summed E-state index contributed by atoms with van der Waals surface area (Å²) in [5.74, 6) is -1.33. The minimum absolute atomic E-state index is 0.220. The van der Waals surface area contributed by atoms with Gasteiger partial charge < -0.3 is 15.3 Å². The van der Waals surface area contributed by atoms with Crippen LogP contribution in [0.4, 0.5) is 0 Å². The minimum atomic E-state index is -1.60. The zero-order valence-corrected chi connectivity index (χ0v) is 8.64. The molecule has 15 heavy (non-hydrogen) atoms. The van der Waals surface area contributed by atoms with Crippen LogP contribution in [-0.4, -0.2) is 21.3 Å². The molecule has 0 radical (unpaired) electrons. The van der Waals surface area contributed by atoms with Crippen LogP contribution in [-0.2, 0) is 10.4 Å². The van der Waals surface area contributed by atoms with Crippen molar-refractivity contribution in [1.82, 2.24) is 0 Å². The molecule has 0 heterocycles. The number of hydrogen-bond acceptors (Lipinski definition) is 3. The third-order valence-electron chi connectivity index (χ3n) is 2.15. The second-order valence-corrected chi connectivity index (χ2v) is 3.89. The predicted molar refractivity (Wildman–Crippen MR) is 54.3 cm³/mol. The van der Waals surface area contributed by atoms with Gasteiger partial charge in [-0.3, -0.25) is 0 Å². The van der Waals surface area contributed by atoms with Crippen molar-refractivity contribution in [1.29, 1.82) is 0 Å². The molecule has 1 aromatic rings. The third-order valence-corrected chi connectivity index (χ3v) is 2.15. The Morgan fingerprint density at radius 1 is 1.33 bits per heavy atom. The fourth-order valence-corrected chi connectivity index (χ4v) is 1.43. The van der Waals surface area contributed by atoms with Crippen molar-refractivity contribution < 1.29 is 20.1 Å². The molecule has 1 unspecified atom stereocenters. The second-order valence-electron chi connectivity index (χ2n) is 3.89. The molecule has 0 bridgehead atoms. The Balaban J connectivity index is 3.24. The van der Waals surface area contributed by atoms with Crippen molar-refractivity contribution in [3.05, 3.63) is 35.4 Å². The van der Waals surface area contributed by atoms with Gasteiger partial charge in [-0.25, -0.2) is 4.79 Å². The number of aliphatic hydroxyl groups is 2. The van der Waals surface area contributed by atoms with Crippen LogP contribution in [0, 0.1) is 0 Å². The number of rotatable bonds is 3. The van der Waals surface area contributed by atoms with E-state index in [-0.39, 0.29) is 5.56 Å². The summed E-state index contributed by atoms with van der Waals surface area (Å²) in [6, 6.07) is 6.40. The Kier molecular flexibility index (Phi) is 3.12. The predicted octanol–water partition coefficient (Wildman–Crippen LogP) is 1.03. The smallest absolute Gasteiger partial charge is 0.337 e. The lowest BCUT2D eigenvalue weighted by Gasteiger charge is -2.22. The number of hydrogen-bond donors (Lipinski definition) is 3. The summed E-state index contributed by atoms with van der Waals surface area (Å²) in [7, 11) is 0. The van der Waals surface area contributed by atoms with Gasteiger partial charge >= 0.3 is 5.97 Å². The highest BCUT2D eigenvalue weighted by Crippen LogP contribution is 2.27. The van der Waals surface area contributed by atoms with Crippen molar-refractivity contribution in [2.45, 2.75) is 25.6 Å². The lowest BCUT2D eigenvalue weighted by molar-refractivity contribution is -0.147. The Labute approximate surface area is 87.8 Å². The number of carbonyl (C=O) groups is 1. The Morgan fingerprint density at radius 2 is 1.87 bits per heavy atom. The fraction of sp³-hybridized carbons (Fsp3) is 0.364. The molecule has 0 spiro atoms. The normalized spacial score (nSPS) is 13.6. The van der Waals surface area contributed by atoms with Crippen molar-refractivity contribution in [3.8, 4) is 0 Å². The van der Waals surface area contributed by atoms with E-state index in [4.69, 9.17) is 5.11 Å². The number of carboxylic acid groups (broad SMARTS) is 1. The van der Waals surface area contributed by atoms with E-state index in [1.54, 1.807) is 32.0 Å². The van der Waals surface area contributed by atoms with Crippen molar-refractivity contribution in [2.75, 3.05) is 0 Å². The van der Waals surface area contributed by atoms with Gasteiger partial charge in [-0.1, -0.05) is 24.3 Å². The first kappa shape index (κ1) is 11.7. The van der Waals surface area contributed by atoms with Gasteiger partial charge in [0.1, 0.15) is 0 Å². The maximum absolute atomic E-state index is 10.6. The number of benzene rings is 1. The second kappa shape index (κ2) is 4.00. The molecular formula is C11H14O4. The molecule has 1 aromatic carbocycles. The average Bonchev–Trinajstić information content (AvgIpc) is 2.15. The topological polar surface area (TPSA) is 77.8 Å². The summed E-state index contributed by atoms with van der Waals surface area (Å²) in [6.45, 7) is 3.08. The molecule has 0 amide bonds. The summed E-state index contributed by atoms with van der Waals surface area (Å²) in [5, 5.41) is 27.9. The first-order valence-corrected chi connectivity index (χ1v) is 4.56. The maximum Gasteiger partial charge on any atom is 0.337 e. The summed E-state index contributed by atoms with van der Waals surface area (Å²) in [5.41, 5.74) is -0.537. The van der Waals surface area contributed by atoms with Crippen LogP contribution in [0.25, 0.3) is 0 Å². The molecule has 0 aliphatic carbocycles. The lowest BCUT2D eigenvalue weighted by atomic mass is 9.91. The van der Waals surface area contributed by atoms with E-state index in [1.165, 1.54) is 6.07 Å². The Morgan fingerprint density at radius 3 is 2.33 bits per heavy atom. The van der Waals surface area contributed by atoms with Crippen LogP contribution in [0.1, 0.15) is 31.1 Å². The molecule has 0 aromatic heterocycles. The van der Waals surface area contributed by atoms with Crippen LogP contribution < -0.4 is 0 Å². The first-order chi connectivity index (χ1) is 6.84. The molecule has 4 nitrogen and oxygen atoms in total. The van der Waals surface area contributed by atoms with E-state index >= 15 is 0 Å². The first-order valence-electron chi connectivity index (χ1n) is 4.56. The summed E-state index contributed by atoms with van der Waals surface area (Å²) >= 11 is 0. The Bertz CT molecular complexity index is 365. The standard InChI is InChI=1S/C11H14O4/c1-11(2,15)8-6-4-3-5-7(8)9(12)10(13)14/h3-6,9,12,15H,1-2H3,(H,13,14). The average molecular weight is 210 g/mol. The lowest BCUT2D eigenvalue weighted by Crippen LogP contribution is -2.21. The van der Waals surface area contributed by atoms with Crippen molar-refractivity contribution in [2.24, 2.45) is 0 Å². The number of carboxylic acids is 1. The third kappa shape index (κ3) is 2.55. The van der Waals surface area contributed by atoms with Crippen molar-refractivity contribution >= 4 is 5.97 Å². The fourth-order valence-electron chi connectivity index (χ4n) is 1.43. The van der Waals surface area contributed by atoms with Crippen LogP contribution in [0.2, 0.25) is 0 Å². The molecule has 1 atom stereocenters. The monoisotopic (exact) mass is 210 g/mol. The van der Waals surface area contributed by atoms with Crippen molar-refractivity contribution in [3.63, 3.8) is 0 Å². The van der Waals surface area contributed by atoms with E-state index < -0.39 is 17.7 Å². The zero-order valence-electron chi connectivity index (χ0n) is 8.64. The molecule has 4 heteroatoms. The number of aliphatic hydroxyl groups excluding tert-OH is 1. The Hall–Kier alpha value is -1.39. The molecule has 0 aliphatic rings. The summed E-state index contributed by atoms with van der Waals surface area (Å²) in [4.78, 5) is 10.6. The van der Waals surface area contributed by atoms with Gasteiger partial charge in [0.05, 0.1) is 5.60 Å². The van der Waals surface area contributed by atoms with Crippen LogP contribution >= 0.6 is 0 Å². The SMILES string of the molecule is CC(C)(O)c1ccccc1C(O)C(=O)O. The zero-order chi connectivity index (χ0) is 11.6. The molecule has 0 saturated carbocycles. The van der Waals surface area contributed by atoms with E-state index in [1.807, 2.05) is 0 Å². The quantitative estimate of drug-likeness (QED) is 0.696. The van der Waals surface area contributed by atoms with Gasteiger partial charge in [0.25, 0.3) is 0 Å². The molecular weight excluding hydrogens is 196 g/mol. The summed E-state index contributed by atoms with van der Waals surface area (Å²) < 4.78 is 0. The van der Waals surface area contributed by atoms with Gasteiger partial charge in [0, 0.05) is 0 Å².